The summed E-state index contributed by atoms with van der Waals surface area (Å²) in [6.45, 7) is 9.27. The van der Waals surface area contributed by atoms with E-state index in [1.807, 2.05) is 20.8 Å². The number of aryl methyl sites for hydroxylation is 2. The van der Waals surface area contributed by atoms with E-state index in [4.69, 9.17) is 4.42 Å². The second-order valence-electron chi connectivity index (χ2n) is 6.49. The standard InChI is InChI=1S/C17H24N4O2/c1-12-13(2)18-11-21(17(12)22)8-15-4-6-20(7-5-15)9-16-10-23-14(3)19-16/h10-11,15H,4-9H2,1-3H3. The van der Waals surface area contributed by atoms with Crippen molar-refractivity contribution in [3.8, 4) is 0 Å². The molecule has 0 bridgehead atoms. The number of nitrogens with zero attached hydrogens (tertiary/aromatic N) is 4. The molecule has 0 saturated carbocycles. The van der Waals surface area contributed by atoms with Crippen molar-refractivity contribution in [1.29, 1.82) is 0 Å². The van der Waals surface area contributed by atoms with Crippen LogP contribution in [-0.4, -0.2) is 32.5 Å². The number of piperidine rings is 1. The third-order valence-corrected chi connectivity index (χ3v) is 4.73. The van der Waals surface area contributed by atoms with E-state index in [2.05, 4.69) is 14.9 Å². The van der Waals surface area contributed by atoms with E-state index in [0.717, 1.165) is 61.9 Å². The summed E-state index contributed by atoms with van der Waals surface area (Å²) in [7, 11) is 0. The Balaban J connectivity index is 1.55. The van der Waals surface area contributed by atoms with Crippen molar-refractivity contribution in [2.45, 2.75) is 46.7 Å². The van der Waals surface area contributed by atoms with Gasteiger partial charge in [-0.15, -0.1) is 0 Å². The van der Waals surface area contributed by atoms with Gasteiger partial charge in [-0.05, 0) is 45.7 Å². The van der Waals surface area contributed by atoms with Gasteiger partial charge in [0.25, 0.3) is 5.56 Å². The highest BCUT2D eigenvalue weighted by Crippen LogP contribution is 2.20. The quantitative estimate of drug-likeness (QED) is 0.864. The molecule has 6 nitrogen and oxygen atoms in total. The number of oxazole rings is 1. The summed E-state index contributed by atoms with van der Waals surface area (Å²) in [4.78, 5) is 23.3. The van der Waals surface area contributed by atoms with Crippen molar-refractivity contribution in [3.05, 3.63) is 45.8 Å². The molecule has 1 saturated heterocycles. The molecule has 6 heteroatoms. The lowest BCUT2D eigenvalue weighted by atomic mass is 9.96. The van der Waals surface area contributed by atoms with Crippen LogP contribution in [-0.2, 0) is 13.1 Å². The zero-order valence-corrected chi connectivity index (χ0v) is 14.1. The van der Waals surface area contributed by atoms with Crippen molar-refractivity contribution in [2.75, 3.05) is 13.1 Å². The summed E-state index contributed by atoms with van der Waals surface area (Å²) in [6.07, 6.45) is 5.61. The summed E-state index contributed by atoms with van der Waals surface area (Å²) < 4.78 is 7.02. The Kier molecular flexibility index (Phi) is 4.61. The predicted molar refractivity (Wildman–Crippen MR) is 87.2 cm³/mol. The highest BCUT2D eigenvalue weighted by atomic mass is 16.3. The molecule has 0 atom stereocenters. The Morgan fingerprint density at radius 2 is 2.00 bits per heavy atom. The van der Waals surface area contributed by atoms with Crippen LogP contribution in [0.4, 0.5) is 0 Å². The molecule has 2 aromatic rings. The van der Waals surface area contributed by atoms with Gasteiger partial charge >= 0.3 is 0 Å². The van der Waals surface area contributed by atoms with E-state index < -0.39 is 0 Å². The molecule has 2 aromatic heterocycles. The molecule has 0 radical (unpaired) electrons. The summed E-state index contributed by atoms with van der Waals surface area (Å²) in [5.74, 6) is 1.25. The summed E-state index contributed by atoms with van der Waals surface area (Å²) in [6, 6.07) is 0. The topological polar surface area (TPSA) is 64.2 Å². The average Bonchev–Trinajstić information content (AvgIpc) is 2.95. The van der Waals surface area contributed by atoms with Crippen molar-refractivity contribution in [2.24, 2.45) is 5.92 Å². The first-order valence-corrected chi connectivity index (χ1v) is 8.19. The lowest BCUT2D eigenvalue weighted by molar-refractivity contribution is 0.164. The Labute approximate surface area is 136 Å². The first kappa shape index (κ1) is 15.9. The molecular weight excluding hydrogens is 292 g/mol. The van der Waals surface area contributed by atoms with E-state index in [1.165, 1.54) is 0 Å². The van der Waals surface area contributed by atoms with Crippen molar-refractivity contribution < 1.29 is 4.42 Å². The van der Waals surface area contributed by atoms with E-state index in [-0.39, 0.29) is 5.56 Å². The van der Waals surface area contributed by atoms with E-state index in [1.54, 1.807) is 17.2 Å². The third-order valence-electron chi connectivity index (χ3n) is 4.73. The van der Waals surface area contributed by atoms with Gasteiger partial charge < -0.3 is 4.42 Å². The zero-order chi connectivity index (χ0) is 16.4. The van der Waals surface area contributed by atoms with Crippen molar-refractivity contribution in [3.63, 3.8) is 0 Å². The number of likely N-dealkylation sites (tertiary alicyclic amines) is 1. The number of hydrogen-bond donors (Lipinski definition) is 0. The van der Waals surface area contributed by atoms with Crippen LogP contribution < -0.4 is 5.56 Å². The Morgan fingerprint density at radius 1 is 1.26 bits per heavy atom. The minimum atomic E-state index is 0.0954. The molecule has 0 unspecified atom stereocenters. The summed E-state index contributed by atoms with van der Waals surface area (Å²) in [5.41, 5.74) is 2.67. The van der Waals surface area contributed by atoms with Gasteiger partial charge in [-0.3, -0.25) is 14.3 Å². The molecule has 124 valence electrons. The van der Waals surface area contributed by atoms with Crippen LogP contribution >= 0.6 is 0 Å². The molecule has 1 fully saturated rings. The van der Waals surface area contributed by atoms with Crippen LogP contribution in [0.25, 0.3) is 0 Å². The molecule has 0 aliphatic carbocycles. The molecule has 3 heterocycles. The fourth-order valence-electron chi connectivity index (χ4n) is 3.12. The number of hydrogen-bond acceptors (Lipinski definition) is 5. The largest absolute Gasteiger partial charge is 0.449 e. The fraction of sp³-hybridized carbons (Fsp3) is 0.588. The maximum atomic E-state index is 12.3. The first-order valence-electron chi connectivity index (χ1n) is 8.19. The van der Waals surface area contributed by atoms with Gasteiger partial charge in [-0.2, -0.15) is 0 Å². The Hall–Kier alpha value is -1.95. The molecule has 1 aliphatic heterocycles. The number of aromatic nitrogens is 3. The second kappa shape index (κ2) is 6.66. The highest BCUT2D eigenvalue weighted by Gasteiger charge is 2.21. The lowest BCUT2D eigenvalue weighted by Crippen LogP contribution is -2.36. The molecule has 0 spiro atoms. The Morgan fingerprint density at radius 3 is 2.65 bits per heavy atom. The lowest BCUT2D eigenvalue weighted by Gasteiger charge is -2.31. The maximum Gasteiger partial charge on any atom is 0.256 e. The number of rotatable bonds is 4. The van der Waals surface area contributed by atoms with E-state index in [9.17, 15) is 4.79 Å². The van der Waals surface area contributed by atoms with Crippen LogP contribution in [0.1, 0.15) is 35.7 Å². The van der Waals surface area contributed by atoms with Crippen LogP contribution in [0, 0.1) is 26.7 Å². The van der Waals surface area contributed by atoms with Crippen LogP contribution in [0.2, 0.25) is 0 Å². The minimum absolute atomic E-state index is 0.0954. The molecule has 1 aliphatic rings. The van der Waals surface area contributed by atoms with Crippen molar-refractivity contribution in [1.82, 2.24) is 19.4 Å². The van der Waals surface area contributed by atoms with Gasteiger partial charge in [0, 0.05) is 31.3 Å². The molecule has 0 amide bonds. The van der Waals surface area contributed by atoms with E-state index >= 15 is 0 Å². The fourth-order valence-corrected chi connectivity index (χ4v) is 3.12. The van der Waals surface area contributed by atoms with E-state index in [0.29, 0.717) is 5.92 Å². The van der Waals surface area contributed by atoms with Crippen LogP contribution in [0.15, 0.2) is 21.8 Å². The van der Waals surface area contributed by atoms with Gasteiger partial charge in [-0.1, -0.05) is 0 Å². The molecule has 3 rings (SSSR count). The van der Waals surface area contributed by atoms with Crippen LogP contribution in [0.3, 0.4) is 0 Å². The normalized spacial score (nSPS) is 16.8. The maximum absolute atomic E-state index is 12.3. The monoisotopic (exact) mass is 316 g/mol. The van der Waals surface area contributed by atoms with Crippen LogP contribution in [0.5, 0.6) is 0 Å². The predicted octanol–water partition coefficient (Wildman–Crippen LogP) is 2.07. The third kappa shape index (κ3) is 3.69. The average molecular weight is 316 g/mol. The highest BCUT2D eigenvalue weighted by molar-refractivity contribution is 5.12. The molecule has 0 aromatic carbocycles. The first-order chi connectivity index (χ1) is 11.0. The van der Waals surface area contributed by atoms with Gasteiger partial charge in [0.1, 0.15) is 6.26 Å². The molecular formula is C17H24N4O2. The molecule has 0 N–H and O–H groups in total. The summed E-state index contributed by atoms with van der Waals surface area (Å²) >= 11 is 0. The molecule has 23 heavy (non-hydrogen) atoms. The van der Waals surface area contributed by atoms with Gasteiger partial charge in [-0.25, -0.2) is 9.97 Å². The Bertz CT molecular complexity index is 726. The minimum Gasteiger partial charge on any atom is -0.449 e. The van der Waals surface area contributed by atoms with Gasteiger partial charge in [0.05, 0.1) is 12.0 Å². The van der Waals surface area contributed by atoms with Gasteiger partial charge in [0.15, 0.2) is 5.89 Å². The second-order valence-corrected chi connectivity index (χ2v) is 6.49. The zero-order valence-electron chi connectivity index (χ0n) is 14.1. The SMILES string of the molecule is Cc1nc(CN2CCC(Cn3cnc(C)c(C)c3=O)CC2)co1. The summed E-state index contributed by atoms with van der Waals surface area (Å²) in [5, 5.41) is 0. The smallest absolute Gasteiger partial charge is 0.256 e. The van der Waals surface area contributed by atoms with Gasteiger partial charge in [0.2, 0.25) is 0 Å². The van der Waals surface area contributed by atoms with Crippen molar-refractivity contribution >= 4 is 0 Å².